The standard InChI is InChI=1S/C26H23Br2NO5/c1-12-6-7-14(8-13(12)2)19(30)11-34-26(33)15-4-3-5-16(9-15)29-24(31)20-17-10-18(21(20)25(29)32)23(28)22(17)27/h3-9,17-18,20-23H,10-11H2,1-2H3/t17-,18+,20-,21-,22-,23+/m0/s1. The Bertz CT molecular complexity index is 1200. The smallest absolute Gasteiger partial charge is 0.338 e. The number of hydrogen-bond acceptors (Lipinski definition) is 5. The van der Waals surface area contributed by atoms with E-state index in [1.54, 1.807) is 30.3 Å². The van der Waals surface area contributed by atoms with Crippen molar-refractivity contribution < 1.29 is 23.9 Å². The molecule has 0 aromatic heterocycles. The third-order valence-electron chi connectivity index (χ3n) is 7.49. The van der Waals surface area contributed by atoms with Crippen LogP contribution in [0.2, 0.25) is 0 Å². The zero-order valence-electron chi connectivity index (χ0n) is 18.7. The summed E-state index contributed by atoms with van der Waals surface area (Å²) in [6.45, 7) is 3.49. The number of carbonyl (C=O) groups excluding carboxylic acids is 4. The van der Waals surface area contributed by atoms with Gasteiger partial charge in [0.25, 0.3) is 0 Å². The van der Waals surface area contributed by atoms with Gasteiger partial charge in [-0.05, 0) is 67.5 Å². The average Bonchev–Trinajstić information content (AvgIpc) is 3.43. The number of esters is 1. The molecule has 2 aromatic rings. The molecule has 2 aliphatic carbocycles. The number of ether oxygens (including phenoxy) is 1. The molecule has 176 valence electrons. The summed E-state index contributed by atoms with van der Waals surface area (Å²) in [5, 5.41) is 0. The van der Waals surface area contributed by atoms with Crippen LogP contribution in [0.1, 0.15) is 38.3 Å². The SMILES string of the molecule is Cc1ccc(C(=O)COC(=O)c2cccc(N3C(=O)[C@H]4[C@@H]5C[C@@H]([C@@H](Br)[C@H]5Br)[C@@H]4C3=O)c2)cc1C. The van der Waals surface area contributed by atoms with E-state index in [4.69, 9.17) is 4.74 Å². The van der Waals surface area contributed by atoms with Crippen molar-refractivity contribution in [1.29, 1.82) is 0 Å². The van der Waals surface area contributed by atoms with Gasteiger partial charge in [0.05, 0.1) is 23.1 Å². The summed E-state index contributed by atoms with van der Waals surface area (Å²) in [7, 11) is 0. The summed E-state index contributed by atoms with van der Waals surface area (Å²) in [6.07, 6.45) is 0.855. The largest absolute Gasteiger partial charge is 0.454 e. The first kappa shape index (κ1) is 23.4. The second-order valence-electron chi connectivity index (χ2n) is 9.36. The molecule has 5 rings (SSSR count). The van der Waals surface area contributed by atoms with Crippen LogP contribution in [0.15, 0.2) is 42.5 Å². The van der Waals surface area contributed by atoms with Gasteiger partial charge in [-0.15, -0.1) is 0 Å². The minimum Gasteiger partial charge on any atom is -0.454 e. The molecule has 1 saturated heterocycles. The lowest BCUT2D eigenvalue weighted by Crippen LogP contribution is -2.37. The molecule has 1 heterocycles. The summed E-state index contributed by atoms with van der Waals surface area (Å²) in [5.74, 6) is -1.82. The van der Waals surface area contributed by atoms with Crippen molar-refractivity contribution in [3.63, 3.8) is 0 Å². The molecule has 2 aromatic carbocycles. The van der Waals surface area contributed by atoms with Crippen LogP contribution in [-0.4, -0.2) is 39.8 Å². The highest BCUT2D eigenvalue weighted by Crippen LogP contribution is 2.60. The maximum Gasteiger partial charge on any atom is 0.338 e. The molecule has 0 unspecified atom stereocenters. The normalized spacial score (nSPS) is 29.5. The second-order valence-corrected chi connectivity index (χ2v) is 11.5. The van der Waals surface area contributed by atoms with E-state index in [1.807, 2.05) is 19.9 Å². The highest BCUT2D eigenvalue weighted by Gasteiger charge is 2.66. The fourth-order valence-corrected chi connectivity index (χ4v) is 7.46. The minimum absolute atomic E-state index is 0.116. The van der Waals surface area contributed by atoms with Crippen LogP contribution < -0.4 is 4.90 Å². The van der Waals surface area contributed by atoms with E-state index in [0.29, 0.717) is 11.3 Å². The molecular formula is C26H23Br2NO5. The highest BCUT2D eigenvalue weighted by atomic mass is 79.9. The number of nitrogens with zero attached hydrogens (tertiary/aromatic N) is 1. The first-order valence-corrected chi connectivity index (χ1v) is 13.1. The fraction of sp³-hybridized carbons (Fsp3) is 0.385. The quantitative estimate of drug-likeness (QED) is 0.220. The Labute approximate surface area is 214 Å². The molecule has 3 fully saturated rings. The molecule has 3 aliphatic rings. The number of imide groups is 1. The fourth-order valence-electron chi connectivity index (χ4n) is 5.59. The zero-order valence-corrected chi connectivity index (χ0v) is 21.8. The molecule has 1 aliphatic heterocycles. The average molecular weight is 589 g/mol. The lowest BCUT2D eigenvalue weighted by Gasteiger charge is -2.28. The number of Topliss-reactive ketones (excluding diaryl/α,β-unsaturated/α-hetero) is 1. The summed E-state index contributed by atoms with van der Waals surface area (Å²) >= 11 is 7.37. The van der Waals surface area contributed by atoms with E-state index in [0.717, 1.165) is 17.5 Å². The van der Waals surface area contributed by atoms with Gasteiger partial charge in [0, 0.05) is 15.2 Å². The van der Waals surface area contributed by atoms with E-state index in [9.17, 15) is 19.2 Å². The van der Waals surface area contributed by atoms with Crippen LogP contribution >= 0.6 is 31.9 Å². The Morgan fingerprint density at radius 1 is 0.912 bits per heavy atom. The Morgan fingerprint density at radius 2 is 1.56 bits per heavy atom. The van der Waals surface area contributed by atoms with Crippen molar-refractivity contribution in [2.45, 2.75) is 29.9 Å². The molecule has 8 heteroatoms. The highest BCUT2D eigenvalue weighted by molar-refractivity contribution is 9.12. The van der Waals surface area contributed by atoms with Crippen LogP contribution in [0.3, 0.4) is 0 Å². The van der Waals surface area contributed by atoms with Gasteiger partial charge in [-0.1, -0.05) is 50.1 Å². The van der Waals surface area contributed by atoms with Gasteiger partial charge in [-0.2, -0.15) is 0 Å². The van der Waals surface area contributed by atoms with Gasteiger partial charge < -0.3 is 4.74 Å². The topological polar surface area (TPSA) is 80.8 Å². The van der Waals surface area contributed by atoms with E-state index >= 15 is 0 Å². The van der Waals surface area contributed by atoms with Crippen LogP contribution in [0, 0.1) is 37.5 Å². The van der Waals surface area contributed by atoms with Gasteiger partial charge in [-0.3, -0.25) is 19.3 Å². The van der Waals surface area contributed by atoms with Gasteiger partial charge in [0.1, 0.15) is 0 Å². The monoisotopic (exact) mass is 587 g/mol. The summed E-state index contributed by atoms with van der Waals surface area (Å²) < 4.78 is 5.24. The lowest BCUT2D eigenvalue weighted by molar-refractivity contribution is -0.123. The Morgan fingerprint density at radius 3 is 2.18 bits per heavy atom. The molecule has 0 radical (unpaired) electrons. The van der Waals surface area contributed by atoms with Crippen molar-refractivity contribution in [2.75, 3.05) is 11.5 Å². The van der Waals surface area contributed by atoms with E-state index in [1.165, 1.54) is 11.0 Å². The maximum atomic E-state index is 13.3. The Balaban J connectivity index is 1.30. The minimum atomic E-state index is -0.681. The molecule has 2 amide bonds. The van der Waals surface area contributed by atoms with Gasteiger partial charge in [0.2, 0.25) is 11.8 Å². The van der Waals surface area contributed by atoms with Gasteiger partial charge in [-0.25, -0.2) is 4.79 Å². The van der Waals surface area contributed by atoms with Crippen molar-refractivity contribution in [1.82, 2.24) is 0 Å². The predicted octanol–water partition coefficient (Wildman–Crippen LogP) is 4.63. The third-order valence-corrected chi connectivity index (χ3v) is 10.7. The summed E-state index contributed by atoms with van der Waals surface area (Å²) in [6, 6.07) is 11.6. The predicted molar refractivity (Wildman–Crippen MR) is 133 cm³/mol. The number of fused-ring (bicyclic) bond motifs is 5. The number of anilines is 1. The Kier molecular flexibility index (Phi) is 6.01. The van der Waals surface area contributed by atoms with Gasteiger partial charge in [0.15, 0.2) is 12.4 Å². The number of benzene rings is 2. The molecule has 34 heavy (non-hydrogen) atoms. The number of halogens is 2. The molecular weight excluding hydrogens is 566 g/mol. The maximum absolute atomic E-state index is 13.3. The number of ketones is 1. The van der Waals surface area contributed by atoms with Crippen LogP contribution in [0.25, 0.3) is 0 Å². The third kappa shape index (κ3) is 3.66. The summed E-state index contributed by atoms with van der Waals surface area (Å²) in [4.78, 5) is 53.1. The number of aryl methyl sites for hydroxylation is 2. The van der Waals surface area contributed by atoms with Gasteiger partial charge >= 0.3 is 5.97 Å². The van der Waals surface area contributed by atoms with Crippen molar-refractivity contribution in [2.24, 2.45) is 23.7 Å². The van der Waals surface area contributed by atoms with Crippen LogP contribution in [0.5, 0.6) is 0 Å². The molecule has 2 bridgehead atoms. The van der Waals surface area contributed by atoms with E-state index < -0.39 is 5.97 Å². The molecule has 2 saturated carbocycles. The van der Waals surface area contributed by atoms with Crippen LogP contribution in [-0.2, 0) is 14.3 Å². The number of carbonyl (C=O) groups is 4. The second kappa shape index (κ2) is 8.72. The first-order chi connectivity index (χ1) is 16.2. The first-order valence-electron chi connectivity index (χ1n) is 11.2. The number of hydrogen-bond donors (Lipinski definition) is 0. The Hall–Kier alpha value is -2.32. The molecule has 0 N–H and O–H groups in total. The number of rotatable bonds is 5. The molecule has 0 spiro atoms. The van der Waals surface area contributed by atoms with E-state index in [-0.39, 0.29) is 63.1 Å². The molecule has 6 atom stereocenters. The van der Waals surface area contributed by atoms with Crippen LogP contribution in [0.4, 0.5) is 5.69 Å². The lowest BCUT2D eigenvalue weighted by atomic mass is 9.81. The zero-order chi connectivity index (χ0) is 24.3. The van der Waals surface area contributed by atoms with E-state index in [2.05, 4.69) is 31.9 Å². The summed E-state index contributed by atoms with van der Waals surface area (Å²) in [5.41, 5.74) is 3.08. The number of alkyl halides is 2. The molecule has 6 nitrogen and oxygen atoms in total. The van der Waals surface area contributed by atoms with Crippen molar-refractivity contribution in [3.8, 4) is 0 Å². The number of amides is 2. The van der Waals surface area contributed by atoms with Crippen molar-refractivity contribution >= 4 is 61.1 Å². The van der Waals surface area contributed by atoms with Crippen molar-refractivity contribution in [3.05, 3.63) is 64.7 Å².